The van der Waals surface area contributed by atoms with Crippen LogP contribution in [0.5, 0.6) is 0 Å². The zero-order valence-corrected chi connectivity index (χ0v) is 23.3. The number of thiazole rings is 1. The number of hydrogen-bond acceptors (Lipinski definition) is 6. The number of carbonyl (C=O) groups excluding carboxylic acids is 4. The molecule has 2 aliphatic rings. The van der Waals surface area contributed by atoms with Gasteiger partial charge in [0.25, 0.3) is 5.91 Å². The van der Waals surface area contributed by atoms with Crippen molar-refractivity contribution in [1.82, 2.24) is 25.5 Å². The molecule has 2 saturated heterocycles. The standard InChI is InChI=1S/C28H35N7O4S/c1-16-32-23(15-40-16)28(39)35-11-8-19(33-26(37)17-6-9-30-10-7-17)13-24(35)27(38)34-22(25(29)36)12-18-14-31-21-5-3-2-4-20(18)21/h2-5,14-15,17,19,22,24,30-31H,6-13H2,1H3,(H2,29,36)(H,33,37)(H,34,38)/p+1/t19-,22+,24-/m0/s1. The minimum Gasteiger partial charge on any atom is -0.368 e. The molecule has 40 heavy (non-hydrogen) atoms. The van der Waals surface area contributed by atoms with Crippen LogP contribution in [-0.2, 0) is 20.8 Å². The van der Waals surface area contributed by atoms with Gasteiger partial charge in [0.15, 0.2) is 0 Å². The number of H-pyrrole nitrogens is 1. The van der Waals surface area contributed by atoms with Crippen LogP contribution in [0.3, 0.4) is 0 Å². The van der Waals surface area contributed by atoms with Gasteiger partial charge in [-0.1, -0.05) is 18.2 Å². The number of aromatic amines is 1. The SMILES string of the molecule is Cc1nc(C(=O)N2CC[C@H](NC(=O)C3CC[NH2+]CC3)C[C@H]2C(=O)N[C@H](Cc2c[nH]c3ccccc23)C(N)=O)cs1. The van der Waals surface area contributed by atoms with E-state index in [9.17, 15) is 19.2 Å². The van der Waals surface area contributed by atoms with Gasteiger partial charge in [0.1, 0.15) is 17.8 Å². The summed E-state index contributed by atoms with van der Waals surface area (Å²) >= 11 is 1.37. The van der Waals surface area contributed by atoms with E-state index in [1.165, 1.54) is 16.2 Å². The molecule has 0 saturated carbocycles. The van der Waals surface area contributed by atoms with Crippen LogP contribution >= 0.6 is 11.3 Å². The molecule has 2 fully saturated rings. The Hall–Kier alpha value is -3.77. The van der Waals surface area contributed by atoms with Crippen molar-refractivity contribution in [3.05, 3.63) is 52.1 Å². The minimum atomic E-state index is -0.973. The van der Waals surface area contributed by atoms with E-state index in [0.29, 0.717) is 6.42 Å². The number of aryl methyl sites for hydroxylation is 1. The second-order valence-corrected chi connectivity index (χ2v) is 11.7. The summed E-state index contributed by atoms with van der Waals surface area (Å²) in [6.07, 6.45) is 4.43. The molecule has 3 aromatic rings. The fourth-order valence-electron chi connectivity index (χ4n) is 5.72. The number of nitrogens with two attached hydrogens (primary N) is 2. The lowest BCUT2D eigenvalue weighted by Gasteiger charge is -2.39. The molecule has 12 heteroatoms. The number of hydrogen-bond donors (Lipinski definition) is 5. The predicted octanol–water partition coefficient (Wildman–Crippen LogP) is 0.208. The largest absolute Gasteiger partial charge is 0.368 e. The van der Waals surface area contributed by atoms with Gasteiger partial charge in [-0.25, -0.2) is 4.98 Å². The smallest absolute Gasteiger partial charge is 0.274 e. The van der Waals surface area contributed by atoms with Crippen LogP contribution in [0.2, 0.25) is 0 Å². The first-order valence-corrected chi connectivity index (χ1v) is 14.7. The van der Waals surface area contributed by atoms with Gasteiger partial charge < -0.3 is 31.6 Å². The number of carbonyl (C=O) groups is 4. The van der Waals surface area contributed by atoms with Crippen molar-refractivity contribution in [2.45, 2.75) is 57.2 Å². The minimum absolute atomic E-state index is 0.00140. The van der Waals surface area contributed by atoms with E-state index < -0.39 is 23.9 Å². The van der Waals surface area contributed by atoms with Crippen LogP contribution in [0.15, 0.2) is 35.8 Å². The number of primary amides is 1. The third kappa shape index (κ3) is 6.18. The molecule has 0 aliphatic carbocycles. The Kier molecular flexibility index (Phi) is 8.46. The van der Waals surface area contributed by atoms with Crippen LogP contribution < -0.4 is 21.7 Å². The van der Waals surface area contributed by atoms with E-state index in [-0.39, 0.29) is 48.9 Å². The van der Waals surface area contributed by atoms with E-state index in [0.717, 1.165) is 47.4 Å². The lowest BCUT2D eigenvalue weighted by atomic mass is 9.92. The molecule has 212 valence electrons. The van der Waals surface area contributed by atoms with E-state index in [4.69, 9.17) is 5.73 Å². The number of nitrogens with one attached hydrogen (secondary N) is 3. The van der Waals surface area contributed by atoms with Gasteiger partial charge in [-0.2, -0.15) is 0 Å². The summed E-state index contributed by atoms with van der Waals surface area (Å²) in [4.78, 5) is 61.6. The molecule has 11 nitrogen and oxygen atoms in total. The lowest BCUT2D eigenvalue weighted by Crippen LogP contribution is -2.86. The second kappa shape index (κ2) is 12.2. The Morgan fingerprint density at radius 2 is 1.95 bits per heavy atom. The zero-order chi connectivity index (χ0) is 28.2. The molecule has 0 radical (unpaired) electrons. The van der Waals surface area contributed by atoms with Crippen LogP contribution in [0.25, 0.3) is 10.9 Å². The fraction of sp³-hybridized carbons (Fsp3) is 0.464. The Labute approximate surface area is 236 Å². The van der Waals surface area contributed by atoms with Crippen molar-refractivity contribution in [2.24, 2.45) is 11.7 Å². The highest BCUT2D eigenvalue weighted by atomic mass is 32.1. The summed E-state index contributed by atoms with van der Waals surface area (Å²) in [6.45, 7) is 3.95. The average Bonchev–Trinajstić information content (AvgIpc) is 3.58. The van der Waals surface area contributed by atoms with Gasteiger partial charge >= 0.3 is 0 Å². The van der Waals surface area contributed by atoms with E-state index in [2.05, 4.69) is 25.9 Å². The molecular formula is C28H36N7O4S+. The highest BCUT2D eigenvalue weighted by Crippen LogP contribution is 2.24. The normalized spacial score (nSPS) is 20.7. The Morgan fingerprint density at radius 1 is 1.18 bits per heavy atom. The zero-order valence-electron chi connectivity index (χ0n) is 22.5. The van der Waals surface area contributed by atoms with Crippen molar-refractivity contribution >= 4 is 45.9 Å². The van der Waals surface area contributed by atoms with E-state index in [1.807, 2.05) is 37.4 Å². The molecule has 7 N–H and O–H groups in total. The van der Waals surface area contributed by atoms with Crippen LogP contribution in [0.1, 0.15) is 46.7 Å². The van der Waals surface area contributed by atoms with Gasteiger partial charge in [0.2, 0.25) is 17.7 Å². The van der Waals surface area contributed by atoms with Crippen LogP contribution in [-0.4, -0.2) is 76.3 Å². The topological polar surface area (TPSA) is 167 Å². The van der Waals surface area contributed by atoms with Crippen molar-refractivity contribution in [3.63, 3.8) is 0 Å². The molecule has 4 amide bonds. The molecule has 0 unspecified atom stereocenters. The number of nitrogens with zero attached hydrogens (tertiary/aromatic N) is 2. The van der Waals surface area contributed by atoms with Gasteiger partial charge in [-0.3, -0.25) is 19.2 Å². The number of para-hydroxylation sites is 1. The molecular weight excluding hydrogens is 530 g/mol. The third-order valence-corrected chi connectivity index (χ3v) is 8.69. The first-order valence-electron chi connectivity index (χ1n) is 13.8. The summed E-state index contributed by atoms with van der Waals surface area (Å²) in [5.74, 6) is -1.52. The number of rotatable bonds is 8. The Bertz CT molecular complexity index is 1400. The maximum Gasteiger partial charge on any atom is 0.274 e. The van der Waals surface area contributed by atoms with Crippen molar-refractivity contribution in [2.75, 3.05) is 19.6 Å². The Balaban J connectivity index is 1.33. The molecule has 0 spiro atoms. The highest BCUT2D eigenvalue weighted by molar-refractivity contribution is 7.09. The number of benzene rings is 1. The average molecular weight is 567 g/mol. The summed E-state index contributed by atoms with van der Waals surface area (Å²) in [7, 11) is 0. The molecule has 3 atom stereocenters. The molecule has 2 aromatic heterocycles. The van der Waals surface area contributed by atoms with E-state index >= 15 is 0 Å². The van der Waals surface area contributed by atoms with Crippen LogP contribution in [0, 0.1) is 12.8 Å². The second-order valence-electron chi connectivity index (χ2n) is 10.7. The molecule has 5 rings (SSSR count). The summed E-state index contributed by atoms with van der Waals surface area (Å²) < 4.78 is 0. The molecule has 2 aliphatic heterocycles. The molecule has 4 heterocycles. The molecule has 0 bridgehead atoms. The van der Waals surface area contributed by atoms with Gasteiger partial charge in [-0.05, 0) is 31.4 Å². The third-order valence-electron chi connectivity index (χ3n) is 7.92. The summed E-state index contributed by atoms with van der Waals surface area (Å²) in [5, 5.41) is 11.5. The van der Waals surface area contributed by atoms with Crippen molar-refractivity contribution in [1.29, 1.82) is 0 Å². The quantitative estimate of drug-likeness (QED) is 0.262. The monoisotopic (exact) mass is 566 g/mol. The van der Waals surface area contributed by atoms with E-state index in [1.54, 1.807) is 5.38 Å². The van der Waals surface area contributed by atoms with Crippen molar-refractivity contribution in [3.8, 4) is 0 Å². The maximum atomic E-state index is 13.7. The Morgan fingerprint density at radius 3 is 2.67 bits per heavy atom. The number of fused-ring (bicyclic) bond motifs is 1. The number of likely N-dealkylation sites (tertiary alicyclic amines) is 1. The number of quaternary nitrogens is 1. The maximum absolute atomic E-state index is 13.7. The highest BCUT2D eigenvalue weighted by Gasteiger charge is 2.39. The number of aromatic nitrogens is 2. The summed E-state index contributed by atoms with van der Waals surface area (Å²) in [6, 6.07) is 5.56. The van der Waals surface area contributed by atoms with Gasteiger partial charge in [0.05, 0.1) is 18.1 Å². The summed E-state index contributed by atoms with van der Waals surface area (Å²) in [5.41, 5.74) is 7.78. The van der Waals surface area contributed by atoms with Crippen molar-refractivity contribution < 1.29 is 24.5 Å². The first-order chi connectivity index (χ1) is 19.3. The first kappa shape index (κ1) is 27.8. The lowest BCUT2D eigenvalue weighted by molar-refractivity contribution is -0.664. The van der Waals surface area contributed by atoms with Gasteiger partial charge in [0, 0.05) is 60.2 Å². The fourth-order valence-corrected chi connectivity index (χ4v) is 6.30. The van der Waals surface area contributed by atoms with Gasteiger partial charge in [-0.15, -0.1) is 11.3 Å². The molecule has 1 aromatic carbocycles. The van der Waals surface area contributed by atoms with Crippen LogP contribution in [0.4, 0.5) is 0 Å². The number of amides is 4. The number of piperidine rings is 2. The predicted molar refractivity (Wildman–Crippen MR) is 150 cm³/mol.